The molecule has 1 aromatic carbocycles. The van der Waals surface area contributed by atoms with Crippen LogP contribution in [0.25, 0.3) is 0 Å². The first-order chi connectivity index (χ1) is 15.5. The lowest BCUT2D eigenvalue weighted by molar-refractivity contribution is -0.153. The maximum Gasteiger partial charge on any atom is 0.321 e. The molecular weight excluding hydrogens is 412 g/mol. The first kappa shape index (κ1) is 21.6. The van der Waals surface area contributed by atoms with Gasteiger partial charge in [-0.1, -0.05) is 29.8 Å². The molecule has 2 aliphatic heterocycles. The Morgan fingerprint density at radius 1 is 1.16 bits per heavy atom. The van der Waals surface area contributed by atoms with Crippen LogP contribution >= 0.6 is 0 Å². The molecule has 1 fully saturated rings. The van der Waals surface area contributed by atoms with Gasteiger partial charge < -0.3 is 19.0 Å². The summed E-state index contributed by atoms with van der Waals surface area (Å²) in [6.07, 6.45) is 1.47. The number of ether oxygens (including phenoxy) is 1. The molecule has 9 heteroatoms. The van der Waals surface area contributed by atoms with Crippen LogP contribution in [0.15, 0.2) is 52.1 Å². The van der Waals surface area contributed by atoms with Gasteiger partial charge in [0.1, 0.15) is 6.04 Å². The number of nitrogens with one attached hydrogen (secondary N) is 1. The van der Waals surface area contributed by atoms with Crippen LogP contribution in [0.4, 0.5) is 0 Å². The summed E-state index contributed by atoms with van der Waals surface area (Å²) in [7, 11) is 0. The van der Waals surface area contributed by atoms with Crippen molar-refractivity contribution in [3.05, 3.63) is 59.5 Å². The van der Waals surface area contributed by atoms with Crippen LogP contribution in [0.5, 0.6) is 0 Å². The predicted molar refractivity (Wildman–Crippen MR) is 116 cm³/mol. The van der Waals surface area contributed by atoms with E-state index in [4.69, 9.17) is 14.1 Å². The fourth-order valence-electron chi connectivity index (χ4n) is 3.91. The molecule has 2 atom stereocenters. The number of hydrogen-bond donors (Lipinski definition) is 1. The highest BCUT2D eigenvalue weighted by atomic mass is 16.5. The molecule has 168 valence electrons. The van der Waals surface area contributed by atoms with Crippen molar-refractivity contribution >= 4 is 23.7 Å². The quantitative estimate of drug-likeness (QED) is 0.576. The Hall–Kier alpha value is -3.62. The fraction of sp³-hybridized carbons (Fsp3) is 0.391. The Labute approximate surface area is 186 Å². The van der Waals surface area contributed by atoms with Gasteiger partial charge >= 0.3 is 5.97 Å². The van der Waals surface area contributed by atoms with E-state index in [2.05, 4.69) is 5.32 Å². The van der Waals surface area contributed by atoms with Crippen molar-refractivity contribution in [2.45, 2.75) is 19.9 Å². The van der Waals surface area contributed by atoms with E-state index in [-0.39, 0.29) is 12.5 Å². The van der Waals surface area contributed by atoms with Crippen molar-refractivity contribution in [1.29, 1.82) is 0 Å². The number of esters is 1. The van der Waals surface area contributed by atoms with E-state index < -0.39 is 23.8 Å². The second-order valence-corrected chi connectivity index (χ2v) is 7.78. The van der Waals surface area contributed by atoms with E-state index in [0.29, 0.717) is 37.9 Å². The third-order valence-electron chi connectivity index (χ3n) is 5.65. The van der Waals surface area contributed by atoms with E-state index in [1.54, 1.807) is 24.0 Å². The van der Waals surface area contributed by atoms with Crippen LogP contribution in [-0.2, 0) is 14.3 Å². The van der Waals surface area contributed by atoms with Crippen LogP contribution in [0.3, 0.4) is 0 Å². The summed E-state index contributed by atoms with van der Waals surface area (Å²) in [5.74, 6) is -1.53. The van der Waals surface area contributed by atoms with E-state index in [9.17, 15) is 14.4 Å². The van der Waals surface area contributed by atoms with E-state index in [1.807, 2.05) is 36.1 Å². The van der Waals surface area contributed by atoms with E-state index >= 15 is 0 Å². The van der Waals surface area contributed by atoms with Crippen LogP contribution in [0, 0.1) is 12.8 Å². The van der Waals surface area contributed by atoms with Crippen LogP contribution in [0.1, 0.15) is 34.6 Å². The van der Waals surface area contributed by atoms with Crippen molar-refractivity contribution in [1.82, 2.24) is 15.1 Å². The summed E-state index contributed by atoms with van der Waals surface area (Å²) >= 11 is 0. The minimum Gasteiger partial charge on any atom is -0.465 e. The molecule has 32 heavy (non-hydrogen) atoms. The number of guanidine groups is 1. The average molecular weight is 438 g/mol. The predicted octanol–water partition coefficient (Wildman–Crippen LogP) is 1.75. The Morgan fingerprint density at radius 3 is 2.50 bits per heavy atom. The Morgan fingerprint density at radius 2 is 1.88 bits per heavy atom. The zero-order valence-electron chi connectivity index (χ0n) is 18.1. The lowest BCUT2D eigenvalue weighted by atomic mass is 9.91. The molecule has 0 aliphatic carbocycles. The molecular formula is C23H26N4O5. The molecule has 0 saturated carbocycles. The third-order valence-corrected chi connectivity index (χ3v) is 5.65. The summed E-state index contributed by atoms with van der Waals surface area (Å²) in [5.41, 5.74) is 1.84. The highest BCUT2D eigenvalue weighted by Gasteiger charge is 2.42. The second kappa shape index (κ2) is 9.25. The number of aliphatic imine (C=N–C) groups is 1. The molecule has 2 aliphatic rings. The first-order valence-corrected chi connectivity index (χ1v) is 10.7. The molecule has 0 bridgehead atoms. The molecule has 2 aromatic rings. The maximum absolute atomic E-state index is 12.9. The molecule has 0 spiro atoms. The number of rotatable bonds is 4. The minimum absolute atomic E-state index is 0.163. The summed E-state index contributed by atoms with van der Waals surface area (Å²) in [6, 6.07) is 10.3. The van der Waals surface area contributed by atoms with Gasteiger partial charge in [-0.05, 0) is 31.5 Å². The van der Waals surface area contributed by atoms with Crippen molar-refractivity contribution in [3.8, 4) is 0 Å². The monoisotopic (exact) mass is 438 g/mol. The number of amides is 2. The van der Waals surface area contributed by atoms with Crippen LogP contribution in [0.2, 0.25) is 0 Å². The smallest absolute Gasteiger partial charge is 0.321 e. The van der Waals surface area contributed by atoms with Gasteiger partial charge in [0.25, 0.3) is 5.91 Å². The van der Waals surface area contributed by atoms with Gasteiger partial charge in [-0.25, -0.2) is 4.99 Å². The van der Waals surface area contributed by atoms with Gasteiger partial charge in [0, 0.05) is 26.2 Å². The summed E-state index contributed by atoms with van der Waals surface area (Å²) < 4.78 is 10.3. The Kier molecular flexibility index (Phi) is 6.25. The second-order valence-electron chi connectivity index (χ2n) is 7.78. The first-order valence-electron chi connectivity index (χ1n) is 10.7. The molecule has 1 N–H and O–H groups in total. The lowest BCUT2D eigenvalue weighted by Gasteiger charge is -2.38. The number of carbonyl (C=O) groups is 3. The third kappa shape index (κ3) is 4.37. The number of aryl methyl sites for hydroxylation is 1. The maximum atomic E-state index is 12.9. The van der Waals surface area contributed by atoms with Gasteiger partial charge in [0.05, 0.1) is 12.9 Å². The lowest BCUT2D eigenvalue weighted by Crippen LogP contribution is -2.58. The van der Waals surface area contributed by atoms with Gasteiger partial charge in [0.2, 0.25) is 11.9 Å². The minimum atomic E-state index is -1.05. The number of piperazine rings is 1. The molecule has 3 heterocycles. The van der Waals surface area contributed by atoms with Gasteiger partial charge in [-0.15, -0.1) is 0 Å². The standard InChI is InChI=1S/C23H26N4O5/c1-3-31-22(30)18-19(16-8-6-15(2)7-9-16)24-23(25-20(18)28)27-12-10-26(11-13-27)21(29)17-5-4-14-32-17/h4-9,14,18-19H,3,10-13H2,1-2H3,(H,24,25,28). The van der Waals surface area contributed by atoms with E-state index in [0.717, 1.165) is 11.1 Å². The number of nitrogens with zero attached hydrogens (tertiary/aromatic N) is 3. The topological polar surface area (TPSA) is 104 Å². The number of benzene rings is 1. The van der Waals surface area contributed by atoms with Crippen molar-refractivity contribution in [3.63, 3.8) is 0 Å². The van der Waals surface area contributed by atoms with Crippen LogP contribution < -0.4 is 5.32 Å². The van der Waals surface area contributed by atoms with Crippen molar-refractivity contribution in [2.24, 2.45) is 10.9 Å². The Balaban J connectivity index is 1.54. The van der Waals surface area contributed by atoms with Gasteiger partial charge in [-0.3, -0.25) is 19.7 Å². The molecule has 4 rings (SSSR count). The van der Waals surface area contributed by atoms with Gasteiger partial charge in [-0.2, -0.15) is 0 Å². The van der Waals surface area contributed by atoms with Crippen molar-refractivity contribution in [2.75, 3.05) is 32.8 Å². The van der Waals surface area contributed by atoms with Gasteiger partial charge in [0.15, 0.2) is 11.7 Å². The zero-order chi connectivity index (χ0) is 22.7. The number of furan rings is 1. The number of carbonyl (C=O) groups excluding carboxylic acids is 3. The summed E-state index contributed by atoms with van der Waals surface area (Å²) in [4.78, 5) is 46.4. The average Bonchev–Trinajstić information content (AvgIpc) is 3.34. The largest absolute Gasteiger partial charge is 0.465 e. The molecule has 1 aromatic heterocycles. The normalized spacial score (nSPS) is 21.1. The molecule has 9 nitrogen and oxygen atoms in total. The summed E-state index contributed by atoms with van der Waals surface area (Å²) in [5, 5.41) is 2.77. The summed E-state index contributed by atoms with van der Waals surface area (Å²) in [6.45, 7) is 5.78. The zero-order valence-corrected chi connectivity index (χ0v) is 18.1. The SMILES string of the molecule is CCOC(=O)C1C(=O)NC(N2CCN(C(=O)c3ccco3)CC2)=NC1c1ccc(C)cc1. The highest BCUT2D eigenvalue weighted by molar-refractivity contribution is 6.08. The molecule has 2 unspecified atom stereocenters. The fourth-order valence-corrected chi connectivity index (χ4v) is 3.91. The molecule has 0 radical (unpaired) electrons. The Bertz CT molecular complexity index is 1010. The van der Waals surface area contributed by atoms with E-state index in [1.165, 1.54) is 6.26 Å². The van der Waals surface area contributed by atoms with Crippen molar-refractivity contribution < 1.29 is 23.5 Å². The highest BCUT2D eigenvalue weighted by Crippen LogP contribution is 2.31. The van der Waals surface area contributed by atoms with Crippen LogP contribution in [-0.4, -0.2) is 66.3 Å². The molecule has 1 saturated heterocycles. The molecule has 2 amide bonds. The number of hydrogen-bond acceptors (Lipinski definition) is 7.